The molecule has 0 aromatic carbocycles. The summed E-state index contributed by atoms with van der Waals surface area (Å²) in [5, 5.41) is 3.34. The quantitative estimate of drug-likeness (QED) is 0.816. The van der Waals surface area contributed by atoms with Gasteiger partial charge >= 0.3 is 0 Å². The van der Waals surface area contributed by atoms with Gasteiger partial charge in [-0.25, -0.2) is 9.97 Å². The minimum atomic E-state index is 0.463. The molecule has 4 nitrogen and oxygen atoms in total. The predicted molar refractivity (Wildman–Crippen MR) is 65.9 cm³/mol. The number of nitrogens with zero attached hydrogens (tertiary/aromatic N) is 3. The van der Waals surface area contributed by atoms with E-state index >= 15 is 0 Å². The van der Waals surface area contributed by atoms with Crippen molar-refractivity contribution < 1.29 is 0 Å². The molecule has 0 spiro atoms. The lowest BCUT2D eigenvalue weighted by molar-refractivity contribution is 0.577. The Morgan fingerprint density at radius 2 is 2.00 bits per heavy atom. The summed E-state index contributed by atoms with van der Waals surface area (Å²) < 4.78 is 0. The van der Waals surface area contributed by atoms with Crippen molar-refractivity contribution in [2.45, 2.75) is 26.7 Å². The van der Waals surface area contributed by atoms with Crippen LogP contribution in [0.15, 0.2) is 6.20 Å². The zero-order chi connectivity index (χ0) is 11.5. The van der Waals surface area contributed by atoms with E-state index in [1.54, 1.807) is 0 Å². The van der Waals surface area contributed by atoms with Crippen LogP contribution in [0.1, 0.15) is 31.0 Å². The summed E-state index contributed by atoms with van der Waals surface area (Å²) in [6.45, 7) is 10.5. The molecule has 2 heterocycles. The van der Waals surface area contributed by atoms with Crippen LogP contribution in [0.3, 0.4) is 0 Å². The first-order valence-electron chi connectivity index (χ1n) is 5.97. The first-order valence-corrected chi connectivity index (χ1v) is 5.97. The third-order valence-corrected chi connectivity index (χ3v) is 2.94. The highest BCUT2D eigenvalue weighted by molar-refractivity contribution is 5.34. The third-order valence-electron chi connectivity index (χ3n) is 2.94. The molecule has 1 aromatic rings. The van der Waals surface area contributed by atoms with Gasteiger partial charge in [0.1, 0.15) is 0 Å². The Labute approximate surface area is 97.1 Å². The van der Waals surface area contributed by atoms with Crippen molar-refractivity contribution in [1.29, 1.82) is 0 Å². The molecule has 1 fully saturated rings. The second kappa shape index (κ2) is 4.78. The van der Waals surface area contributed by atoms with Crippen molar-refractivity contribution >= 4 is 5.95 Å². The van der Waals surface area contributed by atoms with E-state index in [0.717, 1.165) is 32.1 Å². The molecule has 0 saturated carbocycles. The molecule has 1 N–H and O–H groups in total. The number of rotatable bonds is 2. The largest absolute Gasteiger partial charge is 0.338 e. The van der Waals surface area contributed by atoms with Gasteiger partial charge in [-0.3, -0.25) is 0 Å². The Kier molecular flexibility index (Phi) is 3.39. The summed E-state index contributed by atoms with van der Waals surface area (Å²) in [6, 6.07) is 0. The van der Waals surface area contributed by atoms with Gasteiger partial charge in [0.05, 0.1) is 5.69 Å². The molecule has 1 saturated heterocycles. The van der Waals surface area contributed by atoms with Crippen LogP contribution in [0.2, 0.25) is 0 Å². The van der Waals surface area contributed by atoms with Crippen molar-refractivity contribution in [2.24, 2.45) is 0 Å². The number of hydrogen-bond acceptors (Lipinski definition) is 4. The molecular formula is C12H20N4. The Hall–Kier alpha value is -1.16. The van der Waals surface area contributed by atoms with Crippen LogP contribution >= 0.6 is 0 Å². The summed E-state index contributed by atoms with van der Waals surface area (Å²) in [6.07, 6.45) is 1.94. The van der Waals surface area contributed by atoms with Gasteiger partial charge in [-0.2, -0.15) is 0 Å². The maximum Gasteiger partial charge on any atom is 0.225 e. The summed E-state index contributed by atoms with van der Waals surface area (Å²) in [5.41, 5.74) is 2.36. The zero-order valence-electron chi connectivity index (χ0n) is 10.3. The van der Waals surface area contributed by atoms with Crippen LogP contribution < -0.4 is 10.2 Å². The summed E-state index contributed by atoms with van der Waals surface area (Å²) in [7, 11) is 0. The molecule has 0 atom stereocenters. The minimum Gasteiger partial charge on any atom is -0.338 e. The molecule has 0 bridgehead atoms. The zero-order valence-corrected chi connectivity index (χ0v) is 10.3. The topological polar surface area (TPSA) is 41.1 Å². The number of piperazine rings is 1. The predicted octanol–water partition coefficient (Wildman–Crippen LogP) is 1.32. The van der Waals surface area contributed by atoms with Gasteiger partial charge in [0.15, 0.2) is 0 Å². The van der Waals surface area contributed by atoms with Crippen molar-refractivity contribution in [1.82, 2.24) is 15.3 Å². The average molecular weight is 220 g/mol. The molecule has 88 valence electrons. The van der Waals surface area contributed by atoms with E-state index in [4.69, 9.17) is 0 Å². The second-order valence-corrected chi connectivity index (χ2v) is 4.63. The van der Waals surface area contributed by atoms with Gasteiger partial charge in [-0.1, -0.05) is 13.8 Å². The molecule has 1 aromatic heterocycles. The Morgan fingerprint density at radius 3 is 2.62 bits per heavy atom. The lowest BCUT2D eigenvalue weighted by Crippen LogP contribution is -2.44. The Balaban J connectivity index is 2.24. The van der Waals surface area contributed by atoms with Gasteiger partial charge in [-0.05, 0) is 18.4 Å². The van der Waals surface area contributed by atoms with Gasteiger partial charge < -0.3 is 10.2 Å². The number of anilines is 1. The molecular weight excluding hydrogens is 200 g/mol. The highest BCUT2D eigenvalue weighted by Crippen LogP contribution is 2.18. The Morgan fingerprint density at radius 1 is 1.31 bits per heavy atom. The number of nitrogens with one attached hydrogen (secondary N) is 1. The highest BCUT2D eigenvalue weighted by Gasteiger charge is 2.15. The molecule has 0 amide bonds. The fraction of sp³-hybridized carbons (Fsp3) is 0.667. The van der Waals surface area contributed by atoms with E-state index in [-0.39, 0.29) is 0 Å². The molecule has 0 radical (unpaired) electrons. The van der Waals surface area contributed by atoms with Gasteiger partial charge in [0, 0.05) is 32.4 Å². The maximum atomic E-state index is 4.68. The summed E-state index contributed by atoms with van der Waals surface area (Å²) >= 11 is 0. The molecule has 1 aliphatic rings. The van der Waals surface area contributed by atoms with Crippen LogP contribution in [-0.4, -0.2) is 36.1 Å². The van der Waals surface area contributed by atoms with Gasteiger partial charge in [0.25, 0.3) is 0 Å². The second-order valence-electron chi connectivity index (χ2n) is 4.63. The molecule has 16 heavy (non-hydrogen) atoms. The summed E-state index contributed by atoms with van der Waals surface area (Å²) in [4.78, 5) is 11.4. The lowest BCUT2D eigenvalue weighted by Gasteiger charge is -2.28. The standard InChI is InChI=1S/C12H20N4/c1-9(2)11-10(3)8-14-12(15-11)16-6-4-13-5-7-16/h8-9,13H,4-7H2,1-3H3. The smallest absolute Gasteiger partial charge is 0.225 e. The molecule has 2 rings (SSSR count). The van der Waals surface area contributed by atoms with Crippen LogP contribution in [-0.2, 0) is 0 Å². The van der Waals surface area contributed by atoms with E-state index in [0.29, 0.717) is 5.92 Å². The van der Waals surface area contributed by atoms with E-state index in [1.165, 1.54) is 11.3 Å². The molecule has 0 aliphatic carbocycles. The normalized spacial score (nSPS) is 16.9. The van der Waals surface area contributed by atoms with Gasteiger partial charge in [0.2, 0.25) is 5.95 Å². The average Bonchev–Trinajstić information content (AvgIpc) is 2.30. The van der Waals surface area contributed by atoms with Gasteiger partial charge in [-0.15, -0.1) is 0 Å². The minimum absolute atomic E-state index is 0.463. The first kappa shape index (κ1) is 11.3. The third kappa shape index (κ3) is 2.32. The van der Waals surface area contributed by atoms with Crippen LogP contribution in [0.25, 0.3) is 0 Å². The number of aromatic nitrogens is 2. The van der Waals surface area contributed by atoms with Crippen molar-refractivity contribution in [2.75, 3.05) is 31.1 Å². The maximum absolute atomic E-state index is 4.68. The highest BCUT2D eigenvalue weighted by atomic mass is 15.3. The fourth-order valence-electron chi connectivity index (χ4n) is 2.05. The van der Waals surface area contributed by atoms with E-state index in [2.05, 4.69) is 41.0 Å². The first-order chi connectivity index (χ1) is 7.68. The lowest BCUT2D eigenvalue weighted by atomic mass is 10.1. The SMILES string of the molecule is Cc1cnc(N2CCNCC2)nc1C(C)C. The Bertz CT molecular complexity index is 356. The van der Waals surface area contributed by atoms with E-state index in [1.807, 2.05) is 6.20 Å². The number of aryl methyl sites for hydroxylation is 1. The van der Waals surface area contributed by atoms with Crippen LogP contribution in [0, 0.1) is 6.92 Å². The molecule has 1 aliphatic heterocycles. The summed E-state index contributed by atoms with van der Waals surface area (Å²) in [5.74, 6) is 1.35. The van der Waals surface area contributed by atoms with Crippen molar-refractivity contribution in [3.63, 3.8) is 0 Å². The van der Waals surface area contributed by atoms with E-state index < -0.39 is 0 Å². The molecule has 4 heteroatoms. The number of hydrogen-bond donors (Lipinski definition) is 1. The van der Waals surface area contributed by atoms with Crippen LogP contribution in [0.4, 0.5) is 5.95 Å². The van der Waals surface area contributed by atoms with E-state index in [9.17, 15) is 0 Å². The van der Waals surface area contributed by atoms with Crippen molar-refractivity contribution in [3.05, 3.63) is 17.5 Å². The monoisotopic (exact) mass is 220 g/mol. The molecule has 0 unspecified atom stereocenters. The van der Waals surface area contributed by atoms with Crippen molar-refractivity contribution in [3.8, 4) is 0 Å². The van der Waals surface area contributed by atoms with Crippen LogP contribution in [0.5, 0.6) is 0 Å². The fourth-order valence-corrected chi connectivity index (χ4v) is 2.05.